The van der Waals surface area contributed by atoms with Crippen LogP contribution in [0.15, 0.2) is 48.0 Å². The lowest BCUT2D eigenvalue weighted by Gasteiger charge is -2.33. The highest BCUT2D eigenvalue weighted by molar-refractivity contribution is 14.0. The molecule has 2 aliphatic heterocycles. The number of hydrogen-bond donors (Lipinski definition) is 2. The molecule has 6 nitrogen and oxygen atoms in total. The minimum atomic E-state index is 0. The summed E-state index contributed by atoms with van der Waals surface area (Å²) in [5.41, 5.74) is 1.40. The Morgan fingerprint density at radius 2 is 1.81 bits per heavy atom. The van der Waals surface area contributed by atoms with Gasteiger partial charge in [-0.2, -0.15) is 0 Å². The number of benzene rings is 1. The van der Waals surface area contributed by atoms with Gasteiger partial charge in [0.2, 0.25) is 5.91 Å². The van der Waals surface area contributed by atoms with Gasteiger partial charge < -0.3 is 15.5 Å². The zero-order valence-electron chi connectivity index (χ0n) is 18.8. The van der Waals surface area contributed by atoms with E-state index in [4.69, 9.17) is 0 Å². The summed E-state index contributed by atoms with van der Waals surface area (Å²) in [5.74, 6) is 1.56. The number of nitrogens with one attached hydrogen (secondary N) is 2. The molecule has 0 bridgehead atoms. The Balaban J connectivity index is 0.00000341. The van der Waals surface area contributed by atoms with E-state index in [-0.39, 0.29) is 29.9 Å². The molecular weight excluding hydrogens is 501 g/mol. The molecule has 31 heavy (non-hydrogen) atoms. The van der Waals surface area contributed by atoms with Crippen molar-refractivity contribution < 1.29 is 4.79 Å². The maximum absolute atomic E-state index is 12.7. The van der Waals surface area contributed by atoms with E-state index in [2.05, 4.69) is 57.4 Å². The van der Waals surface area contributed by atoms with Gasteiger partial charge in [0, 0.05) is 45.8 Å². The highest BCUT2D eigenvalue weighted by atomic mass is 127. The Bertz CT molecular complexity index is 695. The van der Waals surface area contributed by atoms with E-state index in [1.165, 1.54) is 5.56 Å². The average molecular weight is 540 g/mol. The monoisotopic (exact) mass is 539 g/mol. The second-order valence-corrected chi connectivity index (χ2v) is 8.45. The molecule has 7 heteroatoms. The Kier molecular flexibility index (Phi) is 11.4. The van der Waals surface area contributed by atoms with Gasteiger partial charge in [0.1, 0.15) is 0 Å². The van der Waals surface area contributed by atoms with Crippen LogP contribution in [-0.2, 0) is 11.2 Å². The molecule has 1 aromatic rings. The molecule has 2 fully saturated rings. The van der Waals surface area contributed by atoms with Crippen molar-refractivity contribution in [1.29, 1.82) is 0 Å². The maximum atomic E-state index is 12.7. The van der Waals surface area contributed by atoms with Gasteiger partial charge in [0.15, 0.2) is 5.96 Å². The van der Waals surface area contributed by atoms with Crippen molar-refractivity contribution in [3.63, 3.8) is 0 Å². The van der Waals surface area contributed by atoms with E-state index >= 15 is 0 Å². The van der Waals surface area contributed by atoms with Crippen molar-refractivity contribution >= 4 is 35.8 Å². The van der Waals surface area contributed by atoms with E-state index < -0.39 is 0 Å². The molecule has 0 aromatic heterocycles. The van der Waals surface area contributed by atoms with Crippen LogP contribution in [-0.4, -0.2) is 74.0 Å². The Morgan fingerprint density at radius 1 is 1.13 bits per heavy atom. The Morgan fingerprint density at radius 3 is 2.42 bits per heavy atom. The van der Waals surface area contributed by atoms with Crippen LogP contribution in [0, 0.1) is 5.92 Å². The molecule has 0 spiro atoms. The molecule has 0 unspecified atom stereocenters. The van der Waals surface area contributed by atoms with Gasteiger partial charge in [-0.1, -0.05) is 36.4 Å². The van der Waals surface area contributed by atoms with Gasteiger partial charge in [0.05, 0.1) is 6.54 Å². The molecule has 2 heterocycles. The van der Waals surface area contributed by atoms with Gasteiger partial charge in [-0.05, 0) is 43.6 Å². The Labute approximate surface area is 204 Å². The predicted octanol–water partition coefficient (Wildman–Crippen LogP) is 2.90. The largest absolute Gasteiger partial charge is 0.354 e. The fourth-order valence-electron chi connectivity index (χ4n) is 4.44. The normalized spacial score (nSPS) is 18.9. The van der Waals surface area contributed by atoms with Gasteiger partial charge in [-0.25, -0.2) is 0 Å². The first-order valence-corrected chi connectivity index (χ1v) is 11.3. The summed E-state index contributed by atoms with van der Waals surface area (Å²) in [6.45, 7) is 8.91. The first kappa shape index (κ1) is 25.6. The molecule has 2 N–H and O–H groups in total. The van der Waals surface area contributed by atoms with E-state index in [1.54, 1.807) is 7.05 Å². The quantitative estimate of drug-likeness (QED) is 0.242. The van der Waals surface area contributed by atoms with Crippen LogP contribution >= 0.6 is 24.0 Å². The number of amides is 1. The number of carbonyl (C=O) groups excluding carboxylic acids is 1. The maximum Gasteiger partial charge on any atom is 0.241 e. The standard InChI is InChI=1S/C24H37N5O.HI/c1-3-13-28-14-11-22(12-15-28)27-24(25-2)26-19-23(30)29-16-9-21(10-17-29)18-20-7-5-4-6-8-20;/h3-8,21-22H,1,9-19H2,2H3,(H2,25,26,27);1H. The number of hydrogen-bond acceptors (Lipinski definition) is 3. The minimum absolute atomic E-state index is 0. The summed E-state index contributed by atoms with van der Waals surface area (Å²) < 4.78 is 0. The summed E-state index contributed by atoms with van der Waals surface area (Å²) in [7, 11) is 1.77. The first-order valence-electron chi connectivity index (χ1n) is 11.3. The molecule has 1 aromatic carbocycles. The third-order valence-electron chi connectivity index (χ3n) is 6.28. The molecule has 1 amide bonds. The van der Waals surface area contributed by atoms with Crippen LogP contribution in [0.25, 0.3) is 0 Å². The molecular formula is C24H38IN5O. The molecule has 172 valence electrons. The number of aliphatic imine (C=N–C) groups is 1. The lowest BCUT2D eigenvalue weighted by Crippen LogP contribution is -2.51. The van der Waals surface area contributed by atoms with Gasteiger partial charge >= 0.3 is 0 Å². The summed E-state index contributed by atoms with van der Waals surface area (Å²) >= 11 is 0. The van der Waals surface area contributed by atoms with E-state index in [1.807, 2.05) is 11.0 Å². The van der Waals surface area contributed by atoms with Gasteiger partial charge in [-0.15, -0.1) is 30.6 Å². The van der Waals surface area contributed by atoms with Gasteiger partial charge in [0.25, 0.3) is 0 Å². The van der Waals surface area contributed by atoms with Crippen molar-refractivity contribution in [2.45, 2.75) is 38.1 Å². The number of guanidine groups is 1. The number of likely N-dealkylation sites (tertiary alicyclic amines) is 2. The molecule has 0 aliphatic carbocycles. The first-order chi connectivity index (χ1) is 14.7. The van der Waals surface area contributed by atoms with Crippen LogP contribution in [0.5, 0.6) is 0 Å². The number of halogens is 1. The number of rotatable bonds is 7. The SMILES string of the molecule is C=CCN1CCC(NC(=NC)NCC(=O)N2CCC(Cc3ccccc3)CC2)CC1.I. The smallest absolute Gasteiger partial charge is 0.241 e. The second-order valence-electron chi connectivity index (χ2n) is 8.45. The predicted molar refractivity (Wildman–Crippen MR) is 139 cm³/mol. The summed E-state index contributed by atoms with van der Waals surface area (Å²) in [4.78, 5) is 21.4. The zero-order valence-corrected chi connectivity index (χ0v) is 21.1. The van der Waals surface area contributed by atoms with Crippen LogP contribution < -0.4 is 10.6 Å². The van der Waals surface area contributed by atoms with Gasteiger partial charge in [-0.3, -0.25) is 14.7 Å². The van der Waals surface area contributed by atoms with Crippen LogP contribution in [0.2, 0.25) is 0 Å². The topological polar surface area (TPSA) is 60.0 Å². The lowest BCUT2D eigenvalue weighted by molar-refractivity contribution is -0.131. The highest BCUT2D eigenvalue weighted by Crippen LogP contribution is 2.21. The molecule has 0 saturated carbocycles. The highest BCUT2D eigenvalue weighted by Gasteiger charge is 2.23. The van der Waals surface area contributed by atoms with Crippen molar-refractivity contribution in [3.8, 4) is 0 Å². The third kappa shape index (κ3) is 8.44. The van der Waals surface area contributed by atoms with E-state index in [0.717, 1.165) is 70.8 Å². The number of piperidine rings is 2. The molecule has 2 aliphatic rings. The number of nitrogens with zero attached hydrogens (tertiary/aromatic N) is 3. The molecule has 2 saturated heterocycles. The summed E-state index contributed by atoms with van der Waals surface area (Å²) in [6.07, 6.45) is 7.40. The summed E-state index contributed by atoms with van der Waals surface area (Å²) in [6, 6.07) is 11.1. The minimum Gasteiger partial charge on any atom is -0.354 e. The van der Waals surface area contributed by atoms with Crippen molar-refractivity contribution in [1.82, 2.24) is 20.4 Å². The molecule has 0 atom stereocenters. The van der Waals surface area contributed by atoms with E-state index in [0.29, 0.717) is 18.5 Å². The lowest BCUT2D eigenvalue weighted by atomic mass is 9.90. The molecule has 0 radical (unpaired) electrons. The fraction of sp³-hybridized carbons (Fsp3) is 0.583. The van der Waals surface area contributed by atoms with Crippen molar-refractivity contribution in [2.75, 3.05) is 46.3 Å². The molecule has 3 rings (SSSR count). The fourth-order valence-corrected chi connectivity index (χ4v) is 4.44. The Hall–Kier alpha value is -1.61. The van der Waals surface area contributed by atoms with E-state index in [9.17, 15) is 4.79 Å². The summed E-state index contributed by atoms with van der Waals surface area (Å²) in [5, 5.41) is 6.70. The van der Waals surface area contributed by atoms with Crippen molar-refractivity contribution in [3.05, 3.63) is 48.6 Å². The second kappa shape index (κ2) is 13.7. The third-order valence-corrected chi connectivity index (χ3v) is 6.28. The van der Waals surface area contributed by atoms with Crippen LogP contribution in [0.1, 0.15) is 31.2 Å². The number of carbonyl (C=O) groups is 1. The zero-order chi connectivity index (χ0) is 21.2. The van der Waals surface area contributed by atoms with Crippen molar-refractivity contribution in [2.24, 2.45) is 10.9 Å². The average Bonchev–Trinajstić information content (AvgIpc) is 2.79. The van der Waals surface area contributed by atoms with Crippen LogP contribution in [0.3, 0.4) is 0 Å². The van der Waals surface area contributed by atoms with Crippen LogP contribution in [0.4, 0.5) is 0 Å².